The Bertz CT molecular complexity index is 794. The lowest BCUT2D eigenvalue weighted by Gasteiger charge is -2.42. The molecule has 0 spiro atoms. The number of imidazole rings is 1. The van der Waals surface area contributed by atoms with Crippen molar-refractivity contribution >= 4 is 0 Å². The molecule has 3 rings (SSSR count). The van der Waals surface area contributed by atoms with Crippen LogP contribution >= 0.6 is 0 Å². The van der Waals surface area contributed by atoms with Crippen molar-refractivity contribution in [2.75, 3.05) is 26.2 Å². The molecule has 5 nitrogen and oxygen atoms in total. The predicted octanol–water partition coefficient (Wildman–Crippen LogP) is 8.52. The van der Waals surface area contributed by atoms with Crippen molar-refractivity contribution in [3.63, 3.8) is 0 Å². The summed E-state index contributed by atoms with van der Waals surface area (Å²) in [5.41, 5.74) is 2.60. The summed E-state index contributed by atoms with van der Waals surface area (Å²) in [6.07, 6.45) is 7.17. The van der Waals surface area contributed by atoms with Crippen LogP contribution in [0, 0.1) is 22.2 Å². The van der Waals surface area contributed by atoms with Crippen molar-refractivity contribution in [3.05, 3.63) is 18.2 Å². The Kier molecular flexibility index (Phi) is 13.0. The first-order valence-corrected chi connectivity index (χ1v) is 16.0. The molecule has 0 bridgehead atoms. The minimum absolute atomic E-state index is 0.135. The lowest BCUT2D eigenvalue weighted by Crippen LogP contribution is -2.50. The number of rotatable bonds is 1. The summed E-state index contributed by atoms with van der Waals surface area (Å²) in [7, 11) is 0. The van der Waals surface area contributed by atoms with Gasteiger partial charge in [-0.25, -0.2) is 4.98 Å². The number of ether oxygens (including phenoxy) is 1. The summed E-state index contributed by atoms with van der Waals surface area (Å²) in [4.78, 5) is 6.92. The van der Waals surface area contributed by atoms with Gasteiger partial charge in [-0.2, -0.15) is 0 Å². The van der Waals surface area contributed by atoms with Crippen LogP contribution in [0.3, 0.4) is 0 Å². The minimum atomic E-state index is 0.135. The van der Waals surface area contributed by atoms with Gasteiger partial charge < -0.3 is 14.6 Å². The van der Waals surface area contributed by atoms with Crippen molar-refractivity contribution in [2.45, 2.75) is 160 Å². The molecule has 1 N–H and O–H groups in total. The van der Waals surface area contributed by atoms with Crippen LogP contribution in [0.4, 0.5) is 0 Å². The molecule has 3 atom stereocenters. The first kappa shape index (κ1) is 37.1. The molecule has 0 aromatic carbocycles. The number of hydrogen-bond acceptors (Lipinski definition) is 4. The molecule has 3 heterocycles. The van der Waals surface area contributed by atoms with Gasteiger partial charge in [0.15, 0.2) is 0 Å². The molecular formula is C35H70N4O. The summed E-state index contributed by atoms with van der Waals surface area (Å²) in [5, 5.41) is 3.72. The quantitative estimate of drug-likeness (QED) is 0.372. The average molecular weight is 563 g/mol. The monoisotopic (exact) mass is 563 g/mol. The summed E-state index contributed by atoms with van der Waals surface area (Å²) in [6, 6.07) is 1.36. The van der Waals surface area contributed by atoms with Crippen LogP contribution in [0.1, 0.15) is 136 Å². The largest absolute Gasteiger partial charge is 0.375 e. The first-order valence-electron chi connectivity index (χ1n) is 16.0. The Morgan fingerprint density at radius 2 is 1.40 bits per heavy atom. The normalized spacial score (nSPS) is 23.7. The summed E-state index contributed by atoms with van der Waals surface area (Å²) in [6.45, 7) is 42.7. The molecule has 0 amide bonds. The fraction of sp³-hybridized carbons (Fsp3) is 0.914. The zero-order valence-corrected chi connectivity index (χ0v) is 30.0. The summed E-state index contributed by atoms with van der Waals surface area (Å²) < 4.78 is 7.94. The fourth-order valence-corrected chi connectivity index (χ4v) is 5.07. The molecule has 0 radical (unpaired) electrons. The molecule has 0 aliphatic carbocycles. The number of nitrogens with one attached hydrogen (secondary N) is 1. The molecule has 2 aliphatic rings. The van der Waals surface area contributed by atoms with Crippen LogP contribution in [0.2, 0.25) is 0 Å². The molecular weight excluding hydrogens is 492 g/mol. The second-order valence-electron chi connectivity index (χ2n) is 17.9. The van der Waals surface area contributed by atoms with Crippen LogP contribution in [-0.4, -0.2) is 58.9 Å². The SMILES string of the molecule is CC(C)(C)C1CCC(C(C)(C)C)NC1.CC(C)(C)c1cn(C(C)(C)C)cn1.CC(C)N1CCOC(C(C)(C)C)C1. The maximum atomic E-state index is 5.78. The number of aromatic nitrogens is 2. The first-order chi connectivity index (χ1) is 17.8. The third-order valence-corrected chi connectivity index (χ3v) is 8.60. The van der Waals surface area contributed by atoms with Gasteiger partial charge >= 0.3 is 0 Å². The maximum Gasteiger partial charge on any atom is 0.0954 e. The molecule has 5 heteroatoms. The van der Waals surface area contributed by atoms with E-state index in [0.29, 0.717) is 29.0 Å². The van der Waals surface area contributed by atoms with Gasteiger partial charge in [0.25, 0.3) is 0 Å². The van der Waals surface area contributed by atoms with E-state index in [1.807, 2.05) is 6.33 Å². The van der Waals surface area contributed by atoms with Crippen LogP contribution in [-0.2, 0) is 15.7 Å². The van der Waals surface area contributed by atoms with Gasteiger partial charge in [0, 0.05) is 42.3 Å². The van der Waals surface area contributed by atoms with Crippen LogP contribution in [0.25, 0.3) is 0 Å². The van der Waals surface area contributed by atoms with E-state index in [1.165, 1.54) is 19.4 Å². The lowest BCUT2D eigenvalue weighted by atomic mass is 9.72. The van der Waals surface area contributed by atoms with Crippen molar-refractivity contribution in [1.82, 2.24) is 19.8 Å². The smallest absolute Gasteiger partial charge is 0.0954 e. The topological polar surface area (TPSA) is 42.3 Å². The summed E-state index contributed by atoms with van der Waals surface area (Å²) >= 11 is 0. The van der Waals surface area contributed by atoms with Crippen molar-refractivity contribution in [1.29, 1.82) is 0 Å². The van der Waals surface area contributed by atoms with E-state index in [9.17, 15) is 0 Å². The van der Waals surface area contributed by atoms with E-state index in [2.05, 4.69) is 144 Å². The second-order valence-corrected chi connectivity index (χ2v) is 17.9. The number of morpholine rings is 1. The standard InChI is InChI=1S/C13H27N.C11H20N2.C11H23NO/c1-12(2,3)10-7-8-11(14-9-10)13(4,5)6;1-10(2,3)9-7-13(8-12-9)11(4,5)6;1-9(2)12-6-7-13-10(8-12)11(3,4)5/h10-11,14H,7-9H2,1-6H3;7-8H,1-6H3;9-10H,6-8H2,1-5H3. The van der Waals surface area contributed by atoms with Gasteiger partial charge in [0.2, 0.25) is 0 Å². The van der Waals surface area contributed by atoms with E-state index in [4.69, 9.17) is 4.74 Å². The Balaban J connectivity index is 0.000000300. The average Bonchev–Trinajstić information content (AvgIpc) is 3.30. The Labute approximate surface area is 250 Å². The number of piperidine rings is 1. The molecule has 1 aromatic heterocycles. The van der Waals surface area contributed by atoms with Gasteiger partial charge in [0.05, 0.1) is 24.7 Å². The minimum Gasteiger partial charge on any atom is -0.375 e. The highest BCUT2D eigenvalue weighted by Crippen LogP contribution is 2.35. The van der Waals surface area contributed by atoms with Gasteiger partial charge in [-0.1, -0.05) is 83.1 Å². The third kappa shape index (κ3) is 12.5. The van der Waals surface area contributed by atoms with Gasteiger partial charge in [0.1, 0.15) is 0 Å². The van der Waals surface area contributed by atoms with Gasteiger partial charge in [-0.15, -0.1) is 0 Å². The lowest BCUT2D eigenvalue weighted by molar-refractivity contribution is -0.0866. The maximum absolute atomic E-state index is 5.78. The molecule has 2 aliphatic heterocycles. The predicted molar refractivity (Wildman–Crippen MR) is 175 cm³/mol. The Morgan fingerprint density at radius 3 is 1.73 bits per heavy atom. The molecule has 2 fully saturated rings. The van der Waals surface area contributed by atoms with E-state index in [0.717, 1.165) is 31.3 Å². The van der Waals surface area contributed by atoms with E-state index in [-0.39, 0.29) is 16.4 Å². The fourth-order valence-electron chi connectivity index (χ4n) is 5.07. The van der Waals surface area contributed by atoms with E-state index >= 15 is 0 Å². The number of hydrogen-bond donors (Lipinski definition) is 1. The highest BCUT2D eigenvalue weighted by Gasteiger charge is 2.34. The molecule has 1 aromatic rings. The zero-order chi connectivity index (χ0) is 31.3. The second kappa shape index (κ2) is 14.0. The van der Waals surface area contributed by atoms with Gasteiger partial charge in [-0.3, -0.25) is 4.90 Å². The molecule has 0 saturated carbocycles. The highest BCUT2D eigenvalue weighted by atomic mass is 16.5. The number of nitrogens with zero attached hydrogens (tertiary/aromatic N) is 3. The summed E-state index contributed by atoms with van der Waals surface area (Å²) in [5.74, 6) is 0.848. The van der Waals surface area contributed by atoms with Crippen molar-refractivity contribution < 1.29 is 4.74 Å². The zero-order valence-electron chi connectivity index (χ0n) is 30.0. The van der Waals surface area contributed by atoms with Crippen LogP contribution in [0.15, 0.2) is 12.5 Å². The molecule has 3 unspecified atom stereocenters. The Morgan fingerprint density at radius 1 is 0.825 bits per heavy atom. The molecule has 2 saturated heterocycles. The van der Waals surface area contributed by atoms with Crippen molar-refractivity contribution in [2.24, 2.45) is 22.2 Å². The molecule has 40 heavy (non-hydrogen) atoms. The van der Waals surface area contributed by atoms with Gasteiger partial charge in [-0.05, 0) is 76.2 Å². The van der Waals surface area contributed by atoms with E-state index < -0.39 is 0 Å². The van der Waals surface area contributed by atoms with E-state index in [1.54, 1.807) is 0 Å². The van der Waals surface area contributed by atoms with Crippen molar-refractivity contribution in [3.8, 4) is 0 Å². The third-order valence-electron chi connectivity index (χ3n) is 8.60. The highest BCUT2D eigenvalue weighted by molar-refractivity contribution is 5.10. The van der Waals surface area contributed by atoms with Crippen LogP contribution in [0.5, 0.6) is 0 Å². The molecule has 236 valence electrons. The van der Waals surface area contributed by atoms with Crippen LogP contribution < -0.4 is 5.32 Å². The Hall–Kier alpha value is -0.910.